The van der Waals surface area contributed by atoms with E-state index < -0.39 is 82.9 Å². The number of esters is 1. The summed E-state index contributed by atoms with van der Waals surface area (Å²) in [6.07, 6.45) is 0.109. The van der Waals surface area contributed by atoms with Crippen molar-refractivity contribution in [2.45, 2.75) is 192 Å². The molecule has 1 aromatic heterocycles. The zero-order valence-electron chi connectivity index (χ0n) is 73.2. The highest BCUT2D eigenvalue weighted by molar-refractivity contribution is 8.14. The van der Waals surface area contributed by atoms with Gasteiger partial charge in [-0.2, -0.15) is 15.5 Å². The quantitative estimate of drug-likeness (QED) is 0.00717. The van der Waals surface area contributed by atoms with Crippen LogP contribution in [0.3, 0.4) is 0 Å². The maximum Gasteiger partial charge on any atom is 0.340 e. The summed E-state index contributed by atoms with van der Waals surface area (Å²) in [6.45, 7) is 24.8. The van der Waals surface area contributed by atoms with Gasteiger partial charge in [0.25, 0.3) is 22.6 Å². The van der Waals surface area contributed by atoms with Crippen LogP contribution in [0.15, 0.2) is 234 Å². The second-order valence-corrected chi connectivity index (χ2v) is 35.4. The molecule has 24 nitrogen and oxygen atoms in total. The normalized spacial score (nSPS) is 18.3. The number of thiocarbonyl (C=S) groups is 1. The number of methoxy groups -OCH3 is 4. The van der Waals surface area contributed by atoms with Crippen LogP contribution >= 0.6 is 41.0 Å². The van der Waals surface area contributed by atoms with Crippen LogP contribution in [-0.2, 0) is 53.0 Å². The number of thioether (sulfide) groups is 1. The van der Waals surface area contributed by atoms with E-state index >= 15 is 0 Å². The number of aryl methyl sites for hydroxylation is 3. The third-order valence-electron chi connectivity index (χ3n) is 21.3. The highest BCUT2D eigenvalue weighted by Gasteiger charge is 2.49. The fourth-order valence-corrected chi connectivity index (χ4v) is 19.8. The molecule has 0 saturated carbocycles. The molecule has 2 saturated heterocycles. The Morgan fingerprint density at radius 3 is 1.29 bits per heavy atom. The topological polar surface area (TPSA) is 258 Å². The average molecular weight is 1760 g/mol. The summed E-state index contributed by atoms with van der Waals surface area (Å²) < 4.78 is 89.9. The van der Waals surface area contributed by atoms with E-state index in [-0.39, 0.29) is 73.7 Å². The van der Waals surface area contributed by atoms with Gasteiger partial charge in [0.05, 0.1) is 97.6 Å². The molecule has 28 heteroatoms. The third-order valence-corrected chi connectivity index (χ3v) is 26.9. The molecule has 3 unspecified atom stereocenters. The lowest BCUT2D eigenvalue weighted by Gasteiger charge is -2.39. The van der Waals surface area contributed by atoms with Gasteiger partial charge in [0.1, 0.15) is 58.9 Å². The largest absolute Gasteiger partial charge is 0.497 e. The predicted octanol–water partition coefficient (Wildman–Crippen LogP) is 19.1. The van der Waals surface area contributed by atoms with Gasteiger partial charge in [0.15, 0.2) is 16.5 Å². The Morgan fingerprint density at radius 2 is 0.911 bits per heavy atom. The van der Waals surface area contributed by atoms with Gasteiger partial charge in [0, 0.05) is 66.1 Å². The second kappa shape index (κ2) is 44.9. The molecule has 0 radical (unpaired) electrons. The predicted molar refractivity (Wildman–Crippen MR) is 485 cm³/mol. The number of ether oxygens (including phenoxy) is 9. The van der Waals surface area contributed by atoms with Crippen LogP contribution in [0.4, 0.5) is 0 Å². The van der Waals surface area contributed by atoms with Crippen LogP contribution < -0.4 is 29.8 Å². The molecule has 9 atom stereocenters. The van der Waals surface area contributed by atoms with E-state index in [1.165, 1.54) is 0 Å². The molecule has 654 valence electrons. The first kappa shape index (κ1) is 94.9. The van der Waals surface area contributed by atoms with Crippen molar-refractivity contribution in [3.05, 3.63) is 296 Å². The number of aromatic nitrogens is 2. The van der Waals surface area contributed by atoms with Crippen molar-refractivity contribution in [3.8, 4) is 35.1 Å². The molecule has 8 aromatic carbocycles. The Hall–Kier alpha value is -9.80. The molecule has 0 amide bonds. The van der Waals surface area contributed by atoms with Crippen molar-refractivity contribution in [3.63, 3.8) is 0 Å². The number of rotatable bonds is 38. The zero-order chi connectivity index (χ0) is 88.8. The third kappa shape index (κ3) is 23.3. The molecular weight excluding hydrogens is 1650 g/mol. The molecule has 0 spiro atoms. The molecule has 124 heavy (non-hydrogen) atoms. The minimum absolute atomic E-state index is 0.0379. The number of hydrogen-bond donors (Lipinski definition) is 1. The minimum atomic E-state index is -1.70. The van der Waals surface area contributed by atoms with Crippen molar-refractivity contribution in [2.75, 3.05) is 54.9 Å². The van der Waals surface area contributed by atoms with E-state index in [1.54, 1.807) is 70.4 Å². The van der Waals surface area contributed by atoms with Crippen molar-refractivity contribution in [1.29, 1.82) is 10.5 Å². The smallest absolute Gasteiger partial charge is 0.340 e. The molecule has 9 aromatic rings. The Kier molecular flexibility index (Phi) is 34.3. The molecule has 3 aliphatic rings. The van der Waals surface area contributed by atoms with Crippen molar-refractivity contribution >= 4 is 57.2 Å². The molecular formula is C96H112N8O16P2S2. The van der Waals surface area contributed by atoms with Crippen LogP contribution in [0.5, 0.6) is 23.0 Å². The van der Waals surface area contributed by atoms with Crippen molar-refractivity contribution in [1.82, 2.24) is 29.1 Å². The monoisotopic (exact) mass is 1760 g/mol. The van der Waals surface area contributed by atoms with Crippen LogP contribution in [0.25, 0.3) is 0 Å². The number of hydrogen-bond acceptors (Lipinski definition) is 23. The molecule has 12 rings (SSSR count). The number of nitrogens with one attached hydrogen (secondary N) is 1. The van der Waals surface area contributed by atoms with Gasteiger partial charge in [-0.25, -0.2) is 14.1 Å². The lowest BCUT2D eigenvalue weighted by molar-refractivity contribution is -0.0942. The minimum Gasteiger partial charge on any atom is -0.497 e. The number of benzene rings is 8. The Balaban J connectivity index is 0.000000241. The highest BCUT2D eigenvalue weighted by atomic mass is 32.2. The van der Waals surface area contributed by atoms with Crippen LogP contribution in [0, 0.1) is 43.4 Å². The highest BCUT2D eigenvalue weighted by Crippen LogP contribution is 2.53. The first-order valence-electron chi connectivity index (χ1n) is 41.5. The van der Waals surface area contributed by atoms with E-state index in [0.717, 1.165) is 61.8 Å². The number of carbonyl (C=O) groups excluding carboxylic acids is 2. The number of nitrogens with zero attached hydrogens (tertiary/aromatic N) is 7. The summed E-state index contributed by atoms with van der Waals surface area (Å²) >= 11 is 6.81. The maximum absolute atomic E-state index is 13.7. The summed E-state index contributed by atoms with van der Waals surface area (Å²) in [5.41, 5.74) is 6.66. The number of nitriles is 2. The molecule has 0 bridgehead atoms. The van der Waals surface area contributed by atoms with E-state index in [9.17, 15) is 24.9 Å². The first-order valence-corrected chi connectivity index (χ1v) is 45.0. The summed E-state index contributed by atoms with van der Waals surface area (Å²) in [5.74, 6) is 2.36. The summed E-state index contributed by atoms with van der Waals surface area (Å²) in [7, 11) is 3.20. The van der Waals surface area contributed by atoms with Crippen molar-refractivity contribution in [2.24, 2.45) is 0 Å². The van der Waals surface area contributed by atoms with Gasteiger partial charge in [-0.15, -0.1) is 0 Å². The van der Waals surface area contributed by atoms with Crippen LogP contribution in [-0.4, -0.2) is 156 Å². The fraction of sp³-hybridized carbons (Fsp3) is 0.385. The zero-order valence-corrected chi connectivity index (χ0v) is 76.6. The molecule has 1 N–H and O–H groups in total. The van der Waals surface area contributed by atoms with E-state index in [4.69, 9.17) is 72.9 Å². The van der Waals surface area contributed by atoms with Gasteiger partial charge < -0.3 is 66.0 Å². The molecule has 2 fully saturated rings. The Morgan fingerprint density at radius 1 is 0.540 bits per heavy atom. The van der Waals surface area contributed by atoms with E-state index in [2.05, 4.69) is 99.3 Å². The van der Waals surface area contributed by atoms with Gasteiger partial charge in [-0.05, 0) is 201 Å². The molecule has 4 heterocycles. The lowest BCUT2D eigenvalue weighted by Crippen LogP contribution is -2.52. The molecule has 0 aliphatic carbocycles. The van der Waals surface area contributed by atoms with Gasteiger partial charge in [0.2, 0.25) is 5.12 Å². The summed E-state index contributed by atoms with van der Waals surface area (Å²) in [5, 5.41) is 22.3. The van der Waals surface area contributed by atoms with E-state index in [0.29, 0.717) is 57.6 Å². The molecule has 3 aliphatic heterocycles. The fourth-order valence-electron chi connectivity index (χ4n) is 15.2. The summed E-state index contributed by atoms with van der Waals surface area (Å²) in [4.78, 5) is 46.1. The van der Waals surface area contributed by atoms with Crippen LogP contribution in [0.2, 0.25) is 0 Å². The SMILES string of the molecule is COc1ccc(C(OC[C@H]2O[C@@H](N3C=C(C)C(OC(=O)c4ccc(C)cc4)NC3=S)C[C@@H]2OP(OCCC#N)N(C(C)C)C(C)C)(c2ccccc2)c2ccc(OC)cc2)cc1.COc1ccc(C(OC[C@H]2O[C@@H](n3cc(C)c(=O)nc3SC(=O)c3ccc(C)cc3)C[C@@H]2OP(OCCC#N)N(C(C)C)C(C)C)(c2ccccc2)c2ccc(OC)cc2)cc1. The maximum atomic E-state index is 13.7. The van der Waals surface area contributed by atoms with Gasteiger partial charge >= 0.3 is 5.97 Å². The van der Waals surface area contributed by atoms with Crippen LogP contribution in [0.1, 0.15) is 165 Å². The van der Waals surface area contributed by atoms with Crippen molar-refractivity contribution < 1.29 is 70.3 Å². The number of carbonyl (C=O) groups is 2. The standard InChI is InChI=1S/C48H57N4O8PS.C48H55N4O8PS/c1-32(2)52(33(3)4)61(57-28-12-27-49)60-42-29-44(51-30-35(6)45(50-47(51)62)59-46(53)36-17-15-34(5)16-18-36)58-43(42)31-56-48(37-13-10-9-11-14-37,38-19-23-40(54-7)24-20-38)39-21-25-41(55-8)26-22-39;1-32(2)52(33(3)4)61(58-28-12-27-49)60-42-29-44(51-30-35(6)45(53)50-47(51)62-46(54)36-17-15-34(5)16-18-36)59-43(42)31-57-48(37-13-10-9-11-14-37,38-19-23-40(55-7)24-20-38)39-21-25-41(56-8)26-22-39/h9-11,13-26,30,32-33,42-45H,12,28-29,31H2,1-8H3,(H,50,62);9-11,13-26,30,32-33,42-44H,12,28-29,31H2,1-8H3/t42-,43+,44+,45?,61?;42-,43+,44+,61?/m00/s1. The Labute approximate surface area is 740 Å². The second-order valence-electron chi connectivity index (χ2n) is 31.3. The van der Waals surface area contributed by atoms with E-state index in [1.807, 2.05) is 202 Å². The average Bonchev–Trinajstić information content (AvgIpc) is 0.892. The van der Waals surface area contributed by atoms with Gasteiger partial charge in [-0.1, -0.05) is 157 Å². The van der Waals surface area contributed by atoms with Gasteiger partial charge in [-0.3, -0.25) is 19.1 Å². The Bertz CT molecular complexity index is 5030. The lowest BCUT2D eigenvalue weighted by atomic mass is 9.80. The summed E-state index contributed by atoms with van der Waals surface area (Å²) in [6, 6.07) is 70.6. The first-order chi connectivity index (χ1) is 59.7.